The number of hydrogen-bond donors (Lipinski definition) is 0. The number of halogens is 4. The number of amides is 4. The molecule has 2 aliphatic rings. The summed E-state index contributed by atoms with van der Waals surface area (Å²) in [5.74, 6) is -0.544. The maximum Gasteiger partial charge on any atom is 0.262 e. The second-order valence-corrected chi connectivity index (χ2v) is 16.2. The Bertz CT molecular complexity index is 1840. The third-order valence-corrected chi connectivity index (χ3v) is 11.7. The second kappa shape index (κ2) is 17.8. The van der Waals surface area contributed by atoms with Crippen molar-refractivity contribution in [1.29, 1.82) is 0 Å². The molecule has 0 fully saturated rings. The number of carbonyl (C=O) groups excluding carboxylic acids is 4. The van der Waals surface area contributed by atoms with E-state index in [9.17, 15) is 19.2 Å². The Kier molecular flexibility index (Phi) is 13.3. The minimum atomic E-state index is -0.503. The number of rotatable bonds is 18. The van der Waals surface area contributed by atoms with Crippen LogP contribution in [0.15, 0.2) is 69.6 Å². The first-order valence-electron chi connectivity index (χ1n) is 17.5. The maximum absolute atomic E-state index is 14.0. The Balaban J connectivity index is 1.19. The lowest BCUT2D eigenvalue weighted by Gasteiger charge is -2.33. The molecule has 2 aliphatic heterocycles. The fourth-order valence-electron chi connectivity index (χ4n) is 6.59. The molecular formula is C40H38Br4N2O6. The van der Waals surface area contributed by atoms with Gasteiger partial charge in [0.2, 0.25) is 0 Å². The van der Waals surface area contributed by atoms with Crippen molar-refractivity contribution >= 4 is 98.1 Å². The second-order valence-electron chi connectivity index (χ2n) is 12.9. The zero-order chi connectivity index (χ0) is 36.8. The zero-order valence-electron chi connectivity index (χ0n) is 28.5. The summed E-state index contributed by atoms with van der Waals surface area (Å²) in [4.78, 5) is 58.5. The van der Waals surface area contributed by atoms with E-state index in [2.05, 4.69) is 63.7 Å². The van der Waals surface area contributed by atoms with Crippen LogP contribution in [0.4, 0.5) is 0 Å². The van der Waals surface area contributed by atoms with E-state index in [0.717, 1.165) is 84.7 Å². The van der Waals surface area contributed by atoms with Crippen molar-refractivity contribution in [2.24, 2.45) is 0 Å². The number of hydrogen-bond acceptors (Lipinski definition) is 6. The topological polar surface area (TPSA) is 93.2 Å². The van der Waals surface area contributed by atoms with E-state index in [-0.39, 0.29) is 35.3 Å². The first kappa shape index (κ1) is 38.7. The largest absolute Gasteiger partial charge is 0.494 e. The monoisotopic (exact) mass is 958 g/mol. The Morgan fingerprint density at radius 1 is 0.481 bits per heavy atom. The molecule has 0 N–H and O–H groups in total. The lowest BCUT2D eigenvalue weighted by atomic mass is 9.85. The van der Waals surface area contributed by atoms with Gasteiger partial charge in [-0.1, -0.05) is 81.8 Å². The number of ether oxygens (including phenoxy) is 2. The minimum absolute atomic E-state index is 0.0475. The average Bonchev–Trinajstić information content (AvgIpc) is 3.14. The van der Waals surface area contributed by atoms with Gasteiger partial charge in [0.1, 0.15) is 11.5 Å². The van der Waals surface area contributed by atoms with Crippen LogP contribution in [0.5, 0.6) is 11.5 Å². The van der Waals surface area contributed by atoms with E-state index in [0.29, 0.717) is 32.9 Å². The molecule has 0 atom stereocenters. The molecule has 0 saturated carbocycles. The van der Waals surface area contributed by atoms with Gasteiger partial charge < -0.3 is 9.47 Å². The number of nitrogens with zero attached hydrogens (tertiary/aromatic N) is 2. The number of benzene rings is 4. The number of unbranched alkanes of at least 4 members (excludes halogenated alkanes) is 6. The summed E-state index contributed by atoms with van der Waals surface area (Å²) in [6.07, 6.45) is 8.78. The highest BCUT2D eigenvalue weighted by atomic mass is 79.9. The summed E-state index contributed by atoms with van der Waals surface area (Å²) in [5.41, 5.74) is 2.50. The fraction of sp³-hybridized carbons (Fsp3) is 0.350. The predicted molar refractivity (Wildman–Crippen MR) is 216 cm³/mol. The van der Waals surface area contributed by atoms with Gasteiger partial charge in [0, 0.05) is 41.5 Å². The molecule has 2 heterocycles. The lowest BCUT2D eigenvalue weighted by Crippen LogP contribution is -2.43. The smallest absolute Gasteiger partial charge is 0.262 e. The van der Waals surface area contributed by atoms with Gasteiger partial charge in [-0.25, -0.2) is 0 Å². The normalized spacial score (nSPS) is 13.8. The van der Waals surface area contributed by atoms with Crippen LogP contribution in [-0.2, 0) is 13.1 Å². The molecule has 0 saturated heterocycles. The summed E-state index contributed by atoms with van der Waals surface area (Å²) in [6.45, 7) is 1.35. The van der Waals surface area contributed by atoms with Crippen LogP contribution >= 0.6 is 63.7 Å². The van der Waals surface area contributed by atoms with Crippen molar-refractivity contribution in [3.8, 4) is 11.5 Å². The van der Waals surface area contributed by atoms with Crippen molar-refractivity contribution in [1.82, 2.24) is 9.80 Å². The Labute approximate surface area is 337 Å². The summed E-state index contributed by atoms with van der Waals surface area (Å²) >= 11 is 14.0. The van der Waals surface area contributed by atoms with Gasteiger partial charge >= 0.3 is 0 Å². The van der Waals surface area contributed by atoms with Gasteiger partial charge in [-0.05, 0) is 105 Å². The van der Waals surface area contributed by atoms with Gasteiger partial charge in [0.05, 0.1) is 37.4 Å². The highest BCUT2D eigenvalue weighted by Gasteiger charge is 2.42. The van der Waals surface area contributed by atoms with Crippen molar-refractivity contribution in [2.45, 2.75) is 64.5 Å². The molecule has 0 unspecified atom stereocenters. The molecule has 0 spiro atoms. The minimum Gasteiger partial charge on any atom is -0.494 e. The zero-order valence-corrected chi connectivity index (χ0v) is 34.9. The molecule has 272 valence electrons. The highest BCUT2D eigenvalue weighted by molar-refractivity contribution is 9.11. The molecule has 0 aliphatic carbocycles. The van der Waals surface area contributed by atoms with Gasteiger partial charge in [-0.3, -0.25) is 29.0 Å². The maximum atomic E-state index is 14.0. The quantitative estimate of drug-likeness (QED) is 0.0560. The van der Waals surface area contributed by atoms with Crippen LogP contribution < -0.4 is 9.47 Å². The summed E-state index contributed by atoms with van der Waals surface area (Å²) in [6, 6.07) is 18.0. The lowest BCUT2D eigenvalue weighted by molar-refractivity contribution is 0.0576. The summed E-state index contributed by atoms with van der Waals surface area (Å²) < 4.78 is 12.5. The highest BCUT2D eigenvalue weighted by Crippen LogP contribution is 2.44. The molecule has 6 rings (SSSR count). The molecule has 0 radical (unpaired) electrons. The van der Waals surface area contributed by atoms with E-state index in [1.807, 2.05) is 48.5 Å². The molecule has 4 aromatic carbocycles. The first-order chi connectivity index (χ1) is 25.2. The number of imide groups is 2. The molecular weight excluding hydrogens is 924 g/mol. The van der Waals surface area contributed by atoms with E-state index >= 15 is 0 Å². The Morgan fingerprint density at radius 2 is 0.846 bits per heavy atom. The molecule has 0 aromatic heterocycles. The van der Waals surface area contributed by atoms with E-state index in [1.54, 1.807) is 12.1 Å². The van der Waals surface area contributed by atoms with Crippen molar-refractivity contribution in [3.63, 3.8) is 0 Å². The Hall–Kier alpha value is -3.06. The van der Waals surface area contributed by atoms with Crippen molar-refractivity contribution < 1.29 is 28.7 Å². The third-order valence-electron chi connectivity index (χ3n) is 9.30. The molecule has 8 nitrogen and oxygen atoms in total. The van der Waals surface area contributed by atoms with Crippen LogP contribution in [0, 0.1) is 0 Å². The predicted octanol–water partition coefficient (Wildman–Crippen LogP) is 10.6. The van der Waals surface area contributed by atoms with Crippen molar-refractivity contribution in [3.05, 3.63) is 103 Å². The number of carbonyl (C=O) groups is 4. The van der Waals surface area contributed by atoms with Gasteiger partial charge in [0.25, 0.3) is 23.6 Å². The van der Waals surface area contributed by atoms with Crippen LogP contribution in [0.25, 0.3) is 10.8 Å². The number of alkyl halides is 2. The molecule has 4 amide bonds. The standard InChI is InChI=1S/C40H38Br4N2O6/c41-17-5-1-3-7-19-51-27-13-9-25(10-14-27)23-45-37(47)29-21-32(44)36-34-30(22-31(43)35(33(29)34)39(45)49)38(48)46(40(36)50)24-26-11-15-28(16-12-26)52-20-8-4-2-6-18-42/h9-16,21-22H,1-8,17-20,23-24H2. The molecule has 52 heavy (non-hydrogen) atoms. The molecule has 0 bridgehead atoms. The van der Waals surface area contributed by atoms with Crippen LogP contribution in [-0.4, -0.2) is 57.3 Å². The van der Waals surface area contributed by atoms with Gasteiger partial charge in [-0.2, -0.15) is 0 Å². The summed E-state index contributed by atoms with van der Waals surface area (Å²) in [7, 11) is 0. The first-order valence-corrected chi connectivity index (χ1v) is 21.3. The Morgan fingerprint density at radius 3 is 1.21 bits per heavy atom. The third kappa shape index (κ3) is 8.35. The SMILES string of the molecule is O=C1c2cc(Br)c3c4c(cc(Br)c(c24)C(=O)N1Cc1ccc(OCCCCCCBr)cc1)C(=O)N(Cc1ccc(OCCCCCCBr)cc1)C3=O. The van der Waals surface area contributed by atoms with Gasteiger partial charge in [0.15, 0.2) is 0 Å². The van der Waals surface area contributed by atoms with Crippen LogP contribution in [0.2, 0.25) is 0 Å². The van der Waals surface area contributed by atoms with Gasteiger partial charge in [-0.15, -0.1) is 0 Å². The van der Waals surface area contributed by atoms with E-state index < -0.39 is 23.6 Å². The van der Waals surface area contributed by atoms with Crippen LogP contribution in [0.3, 0.4) is 0 Å². The van der Waals surface area contributed by atoms with E-state index in [4.69, 9.17) is 9.47 Å². The fourth-order valence-corrected chi connectivity index (χ4v) is 8.57. The van der Waals surface area contributed by atoms with Crippen molar-refractivity contribution in [2.75, 3.05) is 23.9 Å². The van der Waals surface area contributed by atoms with Crippen LogP contribution in [0.1, 0.15) is 104 Å². The van der Waals surface area contributed by atoms with E-state index in [1.165, 1.54) is 9.80 Å². The summed E-state index contributed by atoms with van der Waals surface area (Å²) in [5, 5.41) is 2.64. The molecule has 4 aromatic rings. The average molecular weight is 962 g/mol. The molecule has 12 heteroatoms.